The highest BCUT2D eigenvalue weighted by Crippen LogP contribution is 2.14. The molecule has 6 heteroatoms. The number of thiol groups is 1. The summed E-state index contributed by atoms with van der Waals surface area (Å²) >= 11 is 1.59. The van der Waals surface area contributed by atoms with Gasteiger partial charge in [0, 0.05) is 11.3 Å². The third-order valence-electron chi connectivity index (χ3n) is 1.73. The topological polar surface area (TPSA) is 69.4 Å². The highest BCUT2D eigenvalue weighted by molar-refractivity contribution is 7.67. The number of hydrogen-bond acceptors (Lipinski definition) is 5. The molecule has 0 bridgehead atoms. The predicted octanol–water partition coefficient (Wildman–Crippen LogP) is 0.551. The van der Waals surface area contributed by atoms with Crippen LogP contribution in [-0.4, -0.2) is 21.1 Å². The average molecular weight is 235 g/mol. The fraction of sp³-hybridized carbons (Fsp3) is 0.500. The van der Waals surface area contributed by atoms with Gasteiger partial charge in [-0.1, -0.05) is 6.07 Å². The Balaban J connectivity index is 2.50. The fourth-order valence-corrected chi connectivity index (χ4v) is 2.35. The molecule has 0 fully saturated rings. The standard InChI is InChI=1S/C8H13NO3S2/c9-4-3-7(12-14(10)11)6-8-2-1-5-13-8/h1-2,5,7,14H,3-4,6,9H2. The molecule has 14 heavy (non-hydrogen) atoms. The van der Waals surface area contributed by atoms with Gasteiger partial charge in [0.25, 0.3) is 11.0 Å². The molecule has 0 aliphatic carbocycles. The molecule has 0 radical (unpaired) electrons. The number of hydrogen-bond donors (Lipinski definition) is 2. The molecule has 1 rings (SSSR count). The van der Waals surface area contributed by atoms with Crippen LogP contribution in [0.3, 0.4) is 0 Å². The Labute approximate surface area is 88.9 Å². The van der Waals surface area contributed by atoms with Crippen molar-refractivity contribution in [3.05, 3.63) is 22.4 Å². The summed E-state index contributed by atoms with van der Waals surface area (Å²) in [7, 11) is -2.78. The minimum absolute atomic E-state index is 0.320. The molecule has 0 saturated heterocycles. The van der Waals surface area contributed by atoms with Crippen molar-refractivity contribution in [2.45, 2.75) is 18.9 Å². The zero-order valence-corrected chi connectivity index (χ0v) is 9.30. The van der Waals surface area contributed by atoms with Crippen LogP contribution >= 0.6 is 11.3 Å². The van der Waals surface area contributed by atoms with E-state index in [0.717, 1.165) is 4.88 Å². The van der Waals surface area contributed by atoms with Crippen molar-refractivity contribution in [1.29, 1.82) is 0 Å². The normalized spacial score (nSPS) is 13.3. The Bertz CT molecular complexity index is 313. The molecule has 0 saturated carbocycles. The van der Waals surface area contributed by atoms with Gasteiger partial charge in [0.1, 0.15) is 0 Å². The van der Waals surface area contributed by atoms with E-state index in [9.17, 15) is 8.42 Å². The maximum absolute atomic E-state index is 10.4. The van der Waals surface area contributed by atoms with Crippen molar-refractivity contribution in [2.24, 2.45) is 5.73 Å². The predicted molar refractivity (Wildman–Crippen MR) is 56.9 cm³/mol. The molecular formula is C8H13NO3S2. The van der Waals surface area contributed by atoms with Gasteiger partial charge in [0.05, 0.1) is 6.10 Å². The van der Waals surface area contributed by atoms with Crippen molar-refractivity contribution in [1.82, 2.24) is 0 Å². The number of thiophene rings is 1. The zero-order valence-electron chi connectivity index (χ0n) is 7.59. The summed E-state index contributed by atoms with van der Waals surface area (Å²) in [6.45, 7) is 0.430. The third-order valence-corrected chi connectivity index (χ3v) is 3.10. The van der Waals surface area contributed by atoms with Crippen molar-refractivity contribution >= 4 is 22.3 Å². The lowest BCUT2D eigenvalue weighted by atomic mass is 10.1. The molecule has 80 valence electrons. The maximum atomic E-state index is 10.4. The lowest BCUT2D eigenvalue weighted by Gasteiger charge is -2.11. The van der Waals surface area contributed by atoms with E-state index in [4.69, 9.17) is 9.92 Å². The smallest absolute Gasteiger partial charge is 0.257 e. The first-order valence-corrected chi connectivity index (χ1v) is 6.23. The Morgan fingerprint density at radius 2 is 2.36 bits per heavy atom. The van der Waals surface area contributed by atoms with Gasteiger partial charge in [0.2, 0.25) is 0 Å². The van der Waals surface area contributed by atoms with Crippen LogP contribution in [0.4, 0.5) is 0 Å². The van der Waals surface area contributed by atoms with Crippen molar-refractivity contribution in [3.63, 3.8) is 0 Å². The molecule has 1 aromatic rings. The molecule has 2 N–H and O–H groups in total. The summed E-state index contributed by atoms with van der Waals surface area (Å²) in [4.78, 5) is 1.11. The van der Waals surface area contributed by atoms with Crippen LogP contribution in [-0.2, 0) is 21.6 Å². The first-order chi connectivity index (χ1) is 6.72. The van der Waals surface area contributed by atoms with E-state index in [1.165, 1.54) is 0 Å². The second-order valence-corrected chi connectivity index (χ2v) is 4.50. The van der Waals surface area contributed by atoms with E-state index in [-0.39, 0.29) is 6.10 Å². The second-order valence-electron chi connectivity index (χ2n) is 2.81. The molecule has 0 aliphatic rings. The molecule has 0 spiro atoms. The van der Waals surface area contributed by atoms with Gasteiger partial charge in [-0.3, -0.25) is 4.18 Å². The van der Waals surface area contributed by atoms with E-state index >= 15 is 0 Å². The number of nitrogens with two attached hydrogens (primary N) is 1. The van der Waals surface area contributed by atoms with Crippen LogP contribution in [0, 0.1) is 0 Å². The van der Waals surface area contributed by atoms with Gasteiger partial charge in [-0.2, -0.15) is 0 Å². The van der Waals surface area contributed by atoms with Crippen LogP contribution in [0.5, 0.6) is 0 Å². The molecule has 1 unspecified atom stereocenters. The zero-order chi connectivity index (χ0) is 10.4. The lowest BCUT2D eigenvalue weighted by Crippen LogP contribution is -2.19. The Morgan fingerprint density at radius 3 is 2.86 bits per heavy atom. The Hall–Kier alpha value is -0.430. The van der Waals surface area contributed by atoms with E-state index in [1.54, 1.807) is 11.3 Å². The minimum atomic E-state index is -2.78. The highest BCUT2D eigenvalue weighted by Gasteiger charge is 2.11. The molecule has 1 atom stereocenters. The minimum Gasteiger partial charge on any atom is -0.330 e. The van der Waals surface area contributed by atoms with Gasteiger partial charge < -0.3 is 5.73 Å². The summed E-state index contributed by atoms with van der Waals surface area (Å²) < 4.78 is 25.5. The average Bonchev–Trinajstić information content (AvgIpc) is 2.56. The maximum Gasteiger partial charge on any atom is 0.257 e. The van der Waals surface area contributed by atoms with Crippen LogP contribution in [0.1, 0.15) is 11.3 Å². The van der Waals surface area contributed by atoms with Crippen LogP contribution in [0.25, 0.3) is 0 Å². The van der Waals surface area contributed by atoms with E-state index in [0.29, 0.717) is 19.4 Å². The van der Waals surface area contributed by atoms with Gasteiger partial charge in [-0.25, -0.2) is 8.42 Å². The van der Waals surface area contributed by atoms with Crippen molar-refractivity contribution < 1.29 is 12.6 Å². The third kappa shape index (κ3) is 4.19. The van der Waals surface area contributed by atoms with Crippen LogP contribution < -0.4 is 5.73 Å². The molecule has 0 amide bonds. The molecule has 1 aromatic heterocycles. The monoisotopic (exact) mass is 235 g/mol. The SMILES string of the molecule is NCCC(Cc1cccs1)O[SH](=O)=O. The molecular weight excluding hydrogens is 222 g/mol. The van der Waals surface area contributed by atoms with Gasteiger partial charge in [-0.15, -0.1) is 11.3 Å². The van der Waals surface area contributed by atoms with E-state index in [1.807, 2.05) is 17.5 Å². The van der Waals surface area contributed by atoms with Gasteiger partial charge in [-0.05, 0) is 24.4 Å². The van der Waals surface area contributed by atoms with Crippen LogP contribution in [0.2, 0.25) is 0 Å². The highest BCUT2D eigenvalue weighted by atomic mass is 32.2. The van der Waals surface area contributed by atoms with Crippen molar-refractivity contribution in [3.8, 4) is 0 Å². The number of rotatable bonds is 6. The summed E-state index contributed by atoms with van der Waals surface area (Å²) in [6.07, 6.45) is 0.846. The Morgan fingerprint density at radius 1 is 1.57 bits per heavy atom. The molecule has 0 aliphatic heterocycles. The summed E-state index contributed by atoms with van der Waals surface area (Å²) in [5.74, 6) is 0. The van der Waals surface area contributed by atoms with Gasteiger partial charge in [0.15, 0.2) is 0 Å². The molecule has 0 aromatic carbocycles. The molecule has 4 nitrogen and oxygen atoms in total. The molecule has 1 heterocycles. The summed E-state index contributed by atoms with van der Waals surface area (Å²) in [5, 5.41) is 1.95. The van der Waals surface area contributed by atoms with Crippen molar-refractivity contribution in [2.75, 3.05) is 6.54 Å². The summed E-state index contributed by atoms with van der Waals surface area (Å²) in [5.41, 5.74) is 5.36. The lowest BCUT2D eigenvalue weighted by molar-refractivity contribution is 0.212. The first kappa shape index (κ1) is 11.6. The largest absolute Gasteiger partial charge is 0.330 e. The Kier molecular flexibility index (Phi) is 5.10. The fourth-order valence-electron chi connectivity index (χ4n) is 1.15. The van der Waals surface area contributed by atoms with E-state index < -0.39 is 11.0 Å². The summed E-state index contributed by atoms with van der Waals surface area (Å²) in [6, 6.07) is 3.88. The van der Waals surface area contributed by atoms with Crippen LogP contribution in [0.15, 0.2) is 17.5 Å². The quantitative estimate of drug-likeness (QED) is 0.707. The van der Waals surface area contributed by atoms with E-state index in [2.05, 4.69) is 0 Å². The first-order valence-electron chi connectivity index (χ1n) is 4.26. The second kappa shape index (κ2) is 6.13. The van der Waals surface area contributed by atoms with Gasteiger partial charge >= 0.3 is 0 Å².